The van der Waals surface area contributed by atoms with Gasteiger partial charge >= 0.3 is 6.03 Å². The molecular weight excluding hydrogens is 468 g/mol. The van der Waals surface area contributed by atoms with Crippen molar-refractivity contribution in [1.29, 1.82) is 0 Å². The number of amides is 2. The number of hydrogen-bond donors (Lipinski definition) is 4. The summed E-state index contributed by atoms with van der Waals surface area (Å²) < 4.78 is 61.7. The van der Waals surface area contributed by atoms with Crippen LogP contribution in [0.2, 0.25) is 5.02 Å². The van der Waals surface area contributed by atoms with Gasteiger partial charge in [0.15, 0.2) is 0 Å². The van der Waals surface area contributed by atoms with Gasteiger partial charge in [-0.3, -0.25) is 9.87 Å². The minimum Gasteiger partial charge on any atom is -0.507 e. The Kier molecular flexibility index (Phi) is 8.59. The van der Waals surface area contributed by atoms with Gasteiger partial charge in [-0.25, -0.2) is 17.9 Å². The second-order valence-electron chi connectivity index (χ2n) is 5.18. The monoisotopic (exact) mass is 484 g/mol. The number of methoxy groups -OCH3 is 2. The Morgan fingerprint density at radius 1 is 1.07 bits per heavy atom. The van der Waals surface area contributed by atoms with Gasteiger partial charge in [-0.15, -0.1) is 0 Å². The van der Waals surface area contributed by atoms with Crippen LogP contribution in [0.25, 0.3) is 0 Å². The van der Waals surface area contributed by atoms with Gasteiger partial charge in [-0.05, 0) is 18.2 Å². The molecule has 2 rings (SSSR count). The molecule has 0 aliphatic heterocycles. The molecule has 30 heavy (non-hydrogen) atoms. The highest BCUT2D eigenvalue weighted by molar-refractivity contribution is 7.90. The number of phenolic OH excluding ortho intramolecular Hbond substituents is 1. The summed E-state index contributed by atoms with van der Waals surface area (Å²) in [5.74, 6) is -0.627. The number of urea groups is 1. The SMILES string of the molecule is COc1cc(OC)nc(NC(=O)NS(=O)(=O)c2cc(Cl)ccc2O)n1.CS(=O)(=O)O. The van der Waals surface area contributed by atoms with Crippen molar-refractivity contribution in [1.82, 2.24) is 14.7 Å². The molecule has 0 spiro atoms. The first kappa shape index (κ1) is 25.2. The number of sulfonamides is 1. The topological polar surface area (TPSA) is 194 Å². The normalized spacial score (nSPS) is 11.0. The minimum absolute atomic E-state index is 0.0689. The van der Waals surface area contributed by atoms with Crippen molar-refractivity contribution < 1.29 is 40.8 Å². The van der Waals surface area contributed by atoms with Crippen LogP contribution in [-0.4, -0.2) is 63.0 Å². The number of aromatic hydroxyl groups is 1. The lowest BCUT2D eigenvalue weighted by Gasteiger charge is -2.10. The van der Waals surface area contributed by atoms with Crippen molar-refractivity contribution in [3.8, 4) is 17.5 Å². The standard InChI is InChI=1S/C13H13ClN4O6S.CH4O3S/c1-23-10-6-11(24-2)16-12(15-10)17-13(20)18-25(21,22)9-5-7(14)3-4-8(9)19;1-5(2,3)4/h3-6,19H,1-2H3,(H2,15,16,17,18,20);1H3,(H,2,3,4). The molecule has 0 aliphatic rings. The number of rotatable bonds is 5. The summed E-state index contributed by atoms with van der Waals surface area (Å²) in [5, 5.41) is 11.8. The van der Waals surface area contributed by atoms with Crippen molar-refractivity contribution in [2.75, 3.05) is 25.8 Å². The van der Waals surface area contributed by atoms with Crippen molar-refractivity contribution in [2.24, 2.45) is 0 Å². The molecule has 2 aromatic rings. The molecule has 1 aromatic carbocycles. The molecule has 0 atom stereocenters. The molecule has 166 valence electrons. The fourth-order valence-electron chi connectivity index (χ4n) is 1.68. The number of nitrogens with one attached hydrogen (secondary N) is 2. The maximum absolute atomic E-state index is 12.2. The van der Waals surface area contributed by atoms with Crippen LogP contribution in [0.5, 0.6) is 17.5 Å². The Morgan fingerprint density at radius 2 is 1.57 bits per heavy atom. The molecule has 0 aliphatic carbocycles. The summed E-state index contributed by atoms with van der Waals surface area (Å²) in [4.78, 5) is 19.0. The van der Waals surface area contributed by atoms with Gasteiger partial charge in [0, 0.05) is 5.02 Å². The number of hydrogen-bond acceptors (Lipinski definition) is 10. The van der Waals surface area contributed by atoms with E-state index in [0.29, 0.717) is 6.26 Å². The molecule has 0 bridgehead atoms. The number of nitrogens with zero attached hydrogens (tertiary/aromatic N) is 2. The summed E-state index contributed by atoms with van der Waals surface area (Å²) in [6.45, 7) is 0. The third-order valence-corrected chi connectivity index (χ3v) is 4.36. The van der Waals surface area contributed by atoms with Gasteiger partial charge in [0.25, 0.3) is 20.1 Å². The Labute approximate surface area is 176 Å². The second-order valence-corrected chi connectivity index (χ2v) is 8.73. The summed E-state index contributed by atoms with van der Waals surface area (Å²) in [6, 6.07) is 3.59. The Balaban J connectivity index is 0.000000804. The first-order chi connectivity index (χ1) is 13.7. The fourth-order valence-corrected chi connectivity index (χ4v) is 2.94. The molecular formula is C14H17ClN4O9S2. The van der Waals surface area contributed by atoms with Crippen LogP contribution < -0.4 is 19.5 Å². The second kappa shape index (κ2) is 10.2. The number of ether oxygens (including phenoxy) is 2. The average molecular weight is 485 g/mol. The van der Waals surface area contributed by atoms with Crippen LogP contribution in [0.15, 0.2) is 29.2 Å². The summed E-state index contributed by atoms with van der Waals surface area (Å²) >= 11 is 5.70. The Bertz CT molecular complexity index is 1090. The smallest absolute Gasteiger partial charge is 0.335 e. The van der Waals surface area contributed by atoms with E-state index in [1.54, 1.807) is 4.72 Å². The highest BCUT2D eigenvalue weighted by Crippen LogP contribution is 2.25. The maximum atomic E-state index is 12.2. The predicted octanol–water partition coefficient (Wildman–Crippen LogP) is 0.867. The minimum atomic E-state index is -4.38. The molecule has 1 heterocycles. The van der Waals surface area contributed by atoms with Gasteiger partial charge in [0.05, 0.1) is 26.5 Å². The van der Waals surface area contributed by atoms with Crippen molar-refractivity contribution >= 4 is 43.7 Å². The lowest BCUT2D eigenvalue weighted by Crippen LogP contribution is -2.35. The largest absolute Gasteiger partial charge is 0.507 e. The van der Waals surface area contributed by atoms with Gasteiger partial charge in [0.2, 0.25) is 17.7 Å². The molecule has 16 heteroatoms. The number of phenols is 1. The number of benzene rings is 1. The first-order valence-electron chi connectivity index (χ1n) is 7.47. The highest BCUT2D eigenvalue weighted by atomic mass is 35.5. The van der Waals surface area contributed by atoms with Gasteiger partial charge in [-0.1, -0.05) is 11.6 Å². The summed E-state index contributed by atoms with van der Waals surface area (Å²) in [5.41, 5.74) is 0. The van der Waals surface area contributed by atoms with Crippen LogP contribution in [-0.2, 0) is 20.1 Å². The van der Waals surface area contributed by atoms with Crippen LogP contribution in [0.4, 0.5) is 10.7 Å². The third-order valence-electron chi connectivity index (χ3n) is 2.76. The van der Waals surface area contributed by atoms with E-state index < -0.39 is 36.8 Å². The fraction of sp³-hybridized carbons (Fsp3) is 0.214. The van der Waals surface area contributed by atoms with E-state index in [4.69, 9.17) is 25.6 Å². The third kappa shape index (κ3) is 8.64. The Hall–Kier alpha value is -2.88. The zero-order valence-electron chi connectivity index (χ0n) is 15.7. The molecule has 1 aromatic heterocycles. The zero-order chi connectivity index (χ0) is 23.1. The van der Waals surface area contributed by atoms with E-state index in [2.05, 4.69) is 15.3 Å². The zero-order valence-corrected chi connectivity index (χ0v) is 18.0. The van der Waals surface area contributed by atoms with Crippen LogP contribution in [0, 0.1) is 0 Å². The number of carbonyl (C=O) groups excluding carboxylic acids is 1. The Morgan fingerprint density at radius 3 is 2.03 bits per heavy atom. The lowest BCUT2D eigenvalue weighted by atomic mass is 10.3. The van der Waals surface area contributed by atoms with E-state index in [0.717, 1.165) is 12.1 Å². The van der Waals surface area contributed by atoms with E-state index in [9.17, 15) is 26.7 Å². The van der Waals surface area contributed by atoms with Crippen LogP contribution >= 0.6 is 11.6 Å². The number of halogens is 1. The van der Waals surface area contributed by atoms with Crippen molar-refractivity contribution in [3.05, 3.63) is 29.3 Å². The average Bonchev–Trinajstić information content (AvgIpc) is 2.61. The highest BCUT2D eigenvalue weighted by Gasteiger charge is 2.22. The van der Waals surface area contributed by atoms with Crippen LogP contribution in [0.1, 0.15) is 0 Å². The summed E-state index contributed by atoms with van der Waals surface area (Å²) in [7, 11) is -5.35. The number of anilines is 1. The van der Waals surface area contributed by atoms with E-state index in [1.807, 2.05) is 0 Å². The molecule has 0 saturated heterocycles. The van der Waals surface area contributed by atoms with E-state index >= 15 is 0 Å². The number of carbonyl (C=O) groups is 1. The molecule has 4 N–H and O–H groups in total. The van der Waals surface area contributed by atoms with E-state index in [-0.39, 0.29) is 22.7 Å². The van der Waals surface area contributed by atoms with Gasteiger partial charge < -0.3 is 14.6 Å². The molecule has 0 fully saturated rings. The van der Waals surface area contributed by atoms with Crippen molar-refractivity contribution in [3.63, 3.8) is 0 Å². The van der Waals surface area contributed by atoms with Crippen molar-refractivity contribution in [2.45, 2.75) is 4.90 Å². The molecule has 13 nitrogen and oxygen atoms in total. The molecule has 2 amide bonds. The molecule has 0 radical (unpaired) electrons. The summed E-state index contributed by atoms with van der Waals surface area (Å²) in [6.07, 6.45) is 0.715. The predicted molar refractivity (Wildman–Crippen MR) is 105 cm³/mol. The quantitative estimate of drug-likeness (QED) is 0.439. The maximum Gasteiger partial charge on any atom is 0.335 e. The van der Waals surface area contributed by atoms with E-state index in [1.165, 1.54) is 26.4 Å². The number of aromatic nitrogens is 2. The lowest BCUT2D eigenvalue weighted by molar-refractivity contribution is 0.256. The van der Waals surface area contributed by atoms with Gasteiger partial charge in [-0.2, -0.15) is 18.4 Å². The first-order valence-corrected chi connectivity index (χ1v) is 11.2. The molecule has 0 unspecified atom stereocenters. The molecule has 0 saturated carbocycles. The van der Waals surface area contributed by atoms with Crippen LogP contribution in [0.3, 0.4) is 0 Å². The van der Waals surface area contributed by atoms with Gasteiger partial charge in [0.1, 0.15) is 10.6 Å².